The molecule has 2 amide bonds. The third-order valence-corrected chi connectivity index (χ3v) is 5.43. The van der Waals surface area contributed by atoms with Crippen LogP contribution >= 0.6 is 15.9 Å². The number of ether oxygens (including phenoxy) is 1. The molecule has 6 nitrogen and oxygen atoms in total. The van der Waals surface area contributed by atoms with Crippen molar-refractivity contribution >= 4 is 39.1 Å². The highest BCUT2D eigenvalue weighted by Crippen LogP contribution is 2.29. The minimum absolute atomic E-state index is 0.0218. The summed E-state index contributed by atoms with van der Waals surface area (Å²) in [7, 11) is 0. The third-order valence-electron chi connectivity index (χ3n) is 4.91. The lowest BCUT2D eigenvalue weighted by atomic mass is 10.1. The molecule has 0 saturated carbocycles. The molecular weight excluding hydrogens is 410 g/mol. The second-order valence-corrected chi connectivity index (χ2v) is 7.75. The molecule has 1 fully saturated rings. The van der Waals surface area contributed by atoms with Crippen LogP contribution in [0.3, 0.4) is 0 Å². The van der Waals surface area contributed by atoms with Gasteiger partial charge in [0.1, 0.15) is 5.75 Å². The molecule has 2 aliphatic rings. The van der Waals surface area contributed by atoms with Gasteiger partial charge in [0.2, 0.25) is 0 Å². The largest absolute Gasteiger partial charge is 0.482 e. The monoisotopic (exact) mass is 429 g/mol. The van der Waals surface area contributed by atoms with E-state index in [1.54, 1.807) is 18.2 Å². The van der Waals surface area contributed by atoms with Crippen molar-refractivity contribution < 1.29 is 14.3 Å². The van der Waals surface area contributed by atoms with Crippen LogP contribution in [-0.4, -0.2) is 38.1 Å². The number of halogens is 1. The Kier molecular flexibility index (Phi) is 5.03. The zero-order valence-electron chi connectivity index (χ0n) is 14.7. The minimum Gasteiger partial charge on any atom is -0.482 e. The predicted molar refractivity (Wildman–Crippen MR) is 107 cm³/mol. The summed E-state index contributed by atoms with van der Waals surface area (Å²) in [5.74, 6) is 0.645. The highest BCUT2D eigenvalue weighted by molar-refractivity contribution is 9.10. The highest BCUT2D eigenvalue weighted by atomic mass is 79.9. The Labute approximate surface area is 166 Å². The normalized spacial score (nSPS) is 18.5. The van der Waals surface area contributed by atoms with Crippen molar-refractivity contribution in [1.29, 1.82) is 0 Å². The molecule has 0 bridgehead atoms. The van der Waals surface area contributed by atoms with Crippen LogP contribution in [0, 0.1) is 5.92 Å². The summed E-state index contributed by atoms with van der Waals surface area (Å²) in [5.41, 5.74) is 2.34. The highest BCUT2D eigenvalue weighted by Gasteiger charge is 2.24. The van der Waals surface area contributed by atoms with Gasteiger partial charge in [0, 0.05) is 35.4 Å². The molecule has 4 rings (SSSR count). The van der Waals surface area contributed by atoms with Crippen molar-refractivity contribution in [3.63, 3.8) is 0 Å². The molecule has 2 aromatic rings. The second kappa shape index (κ2) is 7.60. The lowest BCUT2D eigenvalue weighted by Crippen LogP contribution is -2.31. The molecule has 7 heteroatoms. The molecule has 0 spiro atoms. The number of anilines is 2. The molecule has 2 N–H and O–H groups in total. The summed E-state index contributed by atoms with van der Waals surface area (Å²) in [6.07, 6.45) is 1.05. The summed E-state index contributed by atoms with van der Waals surface area (Å²) < 4.78 is 6.45. The third kappa shape index (κ3) is 4.08. The molecule has 0 aromatic heterocycles. The molecular formula is C20H20BrN3O3. The van der Waals surface area contributed by atoms with Crippen LogP contribution in [0.2, 0.25) is 0 Å². The zero-order valence-corrected chi connectivity index (χ0v) is 16.3. The van der Waals surface area contributed by atoms with Crippen molar-refractivity contribution in [2.45, 2.75) is 6.42 Å². The maximum atomic E-state index is 12.5. The number of rotatable bonds is 4. The number of amides is 2. The lowest BCUT2D eigenvalue weighted by Gasteiger charge is -2.19. The average molecular weight is 430 g/mol. The maximum absolute atomic E-state index is 12.5. The molecule has 27 heavy (non-hydrogen) atoms. The summed E-state index contributed by atoms with van der Waals surface area (Å²) in [4.78, 5) is 26.1. The van der Waals surface area contributed by atoms with Gasteiger partial charge in [-0.2, -0.15) is 0 Å². The van der Waals surface area contributed by atoms with Crippen LogP contribution in [0.15, 0.2) is 46.9 Å². The summed E-state index contributed by atoms with van der Waals surface area (Å²) in [5, 5.41) is 5.74. The van der Waals surface area contributed by atoms with E-state index in [9.17, 15) is 9.59 Å². The number of nitrogens with zero attached hydrogens (tertiary/aromatic N) is 1. The van der Waals surface area contributed by atoms with Crippen LogP contribution in [-0.2, 0) is 4.79 Å². The average Bonchev–Trinajstić information content (AvgIpc) is 3.15. The fraction of sp³-hybridized carbons (Fsp3) is 0.300. The van der Waals surface area contributed by atoms with Crippen LogP contribution in [0.5, 0.6) is 5.75 Å². The van der Waals surface area contributed by atoms with Gasteiger partial charge in [-0.25, -0.2) is 0 Å². The quantitative estimate of drug-likeness (QED) is 0.783. The van der Waals surface area contributed by atoms with Gasteiger partial charge in [-0.3, -0.25) is 9.59 Å². The van der Waals surface area contributed by atoms with Gasteiger partial charge in [-0.15, -0.1) is 0 Å². The summed E-state index contributed by atoms with van der Waals surface area (Å²) in [6.45, 7) is 2.54. The van der Waals surface area contributed by atoms with E-state index >= 15 is 0 Å². The first-order chi connectivity index (χ1) is 13.1. The van der Waals surface area contributed by atoms with Crippen molar-refractivity contribution in [1.82, 2.24) is 5.32 Å². The maximum Gasteiger partial charge on any atom is 0.262 e. The minimum atomic E-state index is -0.184. The van der Waals surface area contributed by atoms with E-state index in [0.717, 1.165) is 24.0 Å². The Hall–Kier alpha value is -2.54. The first kappa shape index (κ1) is 17.9. The first-order valence-corrected chi connectivity index (χ1v) is 9.73. The Morgan fingerprint density at radius 3 is 2.89 bits per heavy atom. The van der Waals surface area contributed by atoms with Gasteiger partial charge in [0.15, 0.2) is 6.61 Å². The number of carbonyl (C=O) groups excluding carboxylic acids is 2. The van der Waals surface area contributed by atoms with Gasteiger partial charge in [-0.1, -0.05) is 15.9 Å². The Balaban J connectivity index is 1.32. The fourth-order valence-electron chi connectivity index (χ4n) is 3.44. The summed E-state index contributed by atoms with van der Waals surface area (Å²) in [6, 6.07) is 13.4. The van der Waals surface area contributed by atoms with Gasteiger partial charge >= 0.3 is 0 Å². The molecule has 2 aliphatic heterocycles. The number of benzene rings is 2. The molecule has 0 unspecified atom stereocenters. The molecule has 2 aromatic carbocycles. The number of hydrogen-bond donors (Lipinski definition) is 2. The Morgan fingerprint density at radius 2 is 2.07 bits per heavy atom. The van der Waals surface area contributed by atoms with E-state index in [1.165, 1.54) is 5.69 Å². The Bertz CT molecular complexity index is 869. The van der Waals surface area contributed by atoms with Gasteiger partial charge in [0.05, 0.1) is 5.69 Å². The SMILES string of the molecule is O=C1COc2cc(C(=O)NC[C@H]3CCN(c4ccc(Br)cc4)C3)ccc2N1. The van der Waals surface area contributed by atoms with E-state index < -0.39 is 0 Å². The standard InChI is InChI=1S/C20H20BrN3O3/c21-15-2-4-16(5-3-15)24-8-7-13(11-24)10-22-20(26)14-1-6-17-18(9-14)27-12-19(25)23-17/h1-6,9,13H,7-8,10-12H2,(H,22,26)(H,23,25)/t13-/m1/s1. The van der Waals surface area contributed by atoms with Crippen LogP contribution in [0.25, 0.3) is 0 Å². The van der Waals surface area contributed by atoms with E-state index in [0.29, 0.717) is 29.5 Å². The van der Waals surface area contributed by atoms with Crippen molar-refractivity contribution in [3.05, 3.63) is 52.5 Å². The van der Waals surface area contributed by atoms with Crippen molar-refractivity contribution in [2.24, 2.45) is 5.92 Å². The number of hydrogen-bond acceptors (Lipinski definition) is 4. The van der Waals surface area contributed by atoms with Crippen molar-refractivity contribution in [2.75, 3.05) is 36.5 Å². The fourth-order valence-corrected chi connectivity index (χ4v) is 3.70. The molecule has 0 radical (unpaired) electrons. The smallest absolute Gasteiger partial charge is 0.262 e. The Morgan fingerprint density at radius 1 is 1.26 bits per heavy atom. The summed E-state index contributed by atoms with van der Waals surface area (Å²) >= 11 is 3.46. The van der Waals surface area contributed by atoms with Gasteiger partial charge in [-0.05, 0) is 54.8 Å². The van der Waals surface area contributed by atoms with E-state index in [-0.39, 0.29) is 18.4 Å². The van der Waals surface area contributed by atoms with E-state index in [2.05, 4.69) is 43.6 Å². The van der Waals surface area contributed by atoms with Crippen LogP contribution in [0.1, 0.15) is 16.8 Å². The number of carbonyl (C=O) groups is 2. The molecule has 2 heterocycles. The molecule has 140 valence electrons. The van der Waals surface area contributed by atoms with Gasteiger partial charge in [0.25, 0.3) is 11.8 Å². The predicted octanol–water partition coefficient (Wildman–Crippen LogP) is 3.04. The number of fused-ring (bicyclic) bond motifs is 1. The second-order valence-electron chi connectivity index (χ2n) is 6.83. The topological polar surface area (TPSA) is 70.7 Å². The van der Waals surface area contributed by atoms with Crippen LogP contribution < -0.4 is 20.3 Å². The molecule has 0 aliphatic carbocycles. The first-order valence-electron chi connectivity index (χ1n) is 8.94. The van der Waals surface area contributed by atoms with Crippen molar-refractivity contribution in [3.8, 4) is 5.75 Å². The molecule has 1 saturated heterocycles. The lowest BCUT2D eigenvalue weighted by molar-refractivity contribution is -0.118. The van der Waals surface area contributed by atoms with E-state index in [1.807, 2.05) is 12.1 Å². The zero-order chi connectivity index (χ0) is 18.8. The number of nitrogens with one attached hydrogen (secondary N) is 2. The van der Waals surface area contributed by atoms with Crippen LogP contribution in [0.4, 0.5) is 11.4 Å². The van der Waals surface area contributed by atoms with Gasteiger partial charge < -0.3 is 20.3 Å². The van der Waals surface area contributed by atoms with E-state index in [4.69, 9.17) is 4.74 Å². The molecule has 1 atom stereocenters.